The van der Waals surface area contributed by atoms with E-state index in [4.69, 9.17) is 0 Å². The van der Waals surface area contributed by atoms with Crippen LogP contribution in [0.1, 0.15) is 65.7 Å². The fourth-order valence-corrected chi connectivity index (χ4v) is 3.52. The molecule has 2 aliphatic carbocycles. The quantitative estimate of drug-likeness (QED) is 0.782. The van der Waals surface area contributed by atoms with E-state index in [-0.39, 0.29) is 11.3 Å². The molecule has 0 saturated heterocycles. The Morgan fingerprint density at radius 1 is 1.18 bits per heavy atom. The van der Waals surface area contributed by atoms with Gasteiger partial charge in [0.1, 0.15) is 0 Å². The van der Waals surface area contributed by atoms with E-state index in [0.29, 0.717) is 5.41 Å². The predicted octanol–water partition coefficient (Wildman–Crippen LogP) is 3.51. The molecule has 1 amide bonds. The average Bonchev–Trinajstić information content (AvgIpc) is 2.23. The van der Waals surface area contributed by atoms with Crippen molar-refractivity contribution in [1.82, 2.24) is 5.32 Å². The lowest BCUT2D eigenvalue weighted by molar-refractivity contribution is -0.129. The Kier molecular flexibility index (Phi) is 3.51. The van der Waals surface area contributed by atoms with Gasteiger partial charge in [0.05, 0.1) is 0 Å². The highest BCUT2D eigenvalue weighted by atomic mass is 16.2. The first-order chi connectivity index (χ1) is 7.91. The summed E-state index contributed by atoms with van der Waals surface area (Å²) in [5.41, 5.74) is 0.446. The summed E-state index contributed by atoms with van der Waals surface area (Å²) < 4.78 is 0. The van der Waals surface area contributed by atoms with Crippen molar-refractivity contribution in [1.29, 1.82) is 0 Å². The van der Waals surface area contributed by atoms with Crippen LogP contribution in [0.15, 0.2) is 0 Å². The minimum Gasteiger partial charge on any atom is -0.355 e. The normalized spacial score (nSPS) is 24.4. The molecule has 0 heterocycles. The van der Waals surface area contributed by atoms with Crippen LogP contribution in [0.4, 0.5) is 0 Å². The van der Waals surface area contributed by atoms with E-state index >= 15 is 0 Å². The zero-order valence-corrected chi connectivity index (χ0v) is 11.6. The van der Waals surface area contributed by atoms with Gasteiger partial charge in [0, 0.05) is 12.0 Å². The Balaban J connectivity index is 1.69. The van der Waals surface area contributed by atoms with Crippen LogP contribution >= 0.6 is 0 Å². The lowest BCUT2D eigenvalue weighted by Crippen LogP contribution is -2.46. The van der Waals surface area contributed by atoms with Gasteiger partial charge in [0.15, 0.2) is 0 Å². The second kappa shape index (κ2) is 4.62. The molecular weight excluding hydrogens is 210 g/mol. The Morgan fingerprint density at radius 2 is 1.76 bits per heavy atom. The second-order valence-electron chi connectivity index (χ2n) is 7.29. The first kappa shape index (κ1) is 12.9. The van der Waals surface area contributed by atoms with Crippen molar-refractivity contribution < 1.29 is 4.79 Å². The molecule has 0 atom stereocenters. The summed E-state index contributed by atoms with van der Waals surface area (Å²) in [6.07, 6.45) is 9.90. The molecule has 0 bridgehead atoms. The van der Waals surface area contributed by atoms with Gasteiger partial charge in [0.2, 0.25) is 5.91 Å². The molecule has 1 N–H and O–H groups in total. The van der Waals surface area contributed by atoms with Gasteiger partial charge < -0.3 is 5.32 Å². The summed E-state index contributed by atoms with van der Waals surface area (Å²) in [6, 6.07) is 0. The van der Waals surface area contributed by atoms with Crippen molar-refractivity contribution in [2.24, 2.45) is 16.7 Å². The number of hydrogen-bond acceptors (Lipinski definition) is 1. The van der Waals surface area contributed by atoms with Gasteiger partial charge in [-0.25, -0.2) is 0 Å². The number of carbonyl (C=O) groups excluding carboxylic acids is 1. The fraction of sp³-hybridized carbons (Fsp3) is 0.933. The lowest BCUT2D eigenvalue weighted by Gasteiger charge is -2.50. The molecule has 0 aliphatic heterocycles. The van der Waals surface area contributed by atoms with Crippen LogP contribution in [0, 0.1) is 16.7 Å². The van der Waals surface area contributed by atoms with E-state index in [1.54, 1.807) is 0 Å². The van der Waals surface area contributed by atoms with Crippen molar-refractivity contribution in [3.63, 3.8) is 0 Å². The minimum atomic E-state index is -0.244. The molecule has 2 fully saturated rings. The van der Waals surface area contributed by atoms with Crippen molar-refractivity contribution in [3.05, 3.63) is 0 Å². The number of rotatable bonds is 2. The Morgan fingerprint density at radius 3 is 2.29 bits per heavy atom. The standard InChI is InChI=1S/C15H27NO/c1-14(2,3)13(17)16-11-12-9-15(10-12)7-5-4-6-8-15/h12H,4-11H2,1-3H3,(H,16,17). The second-order valence-corrected chi connectivity index (χ2v) is 7.29. The molecule has 17 heavy (non-hydrogen) atoms. The van der Waals surface area contributed by atoms with Crippen LogP contribution in [0.3, 0.4) is 0 Å². The number of nitrogens with one attached hydrogen (secondary N) is 1. The van der Waals surface area contributed by atoms with E-state index in [1.165, 1.54) is 44.9 Å². The number of carbonyl (C=O) groups is 1. The highest BCUT2D eigenvalue weighted by Gasteiger charge is 2.44. The molecule has 2 nitrogen and oxygen atoms in total. The molecule has 0 radical (unpaired) electrons. The van der Waals surface area contributed by atoms with Crippen molar-refractivity contribution in [2.75, 3.05) is 6.54 Å². The Bertz CT molecular complexity index is 276. The topological polar surface area (TPSA) is 29.1 Å². The van der Waals surface area contributed by atoms with Gasteiger partial charge in [-0.3, -0.25) is 4.79 Å². The number of amides is 1. The monoisotopic (exact) mass is 237 g/mol. The summed E-state index contributed by atoms with van der Waals surface area (Å²) in [7, 11) is 0. The van der Waals surface area contributed by atoms with Crippen LogP contribution < -0.4 is 5.32 Å². The molecule has 2 aliphatic rings. The molecule has 0 aromatic rings. The minimum absolute atomic E-state index is 0.196. The summed E-state index contributed by atoms with van der Waals surface area (Å²) in [4.78, 5) is 11.8. The van der Waals surface area contributed by atoms with Gasteiger partial charge >= 0.3 is 0 Å². The first-order valence-corrected chi connectivity index (χ1v) is 7.20. The van der Waals surface area contributed by atoms with Gasteiger partial charge in [-0.2, -0.15) is 0 Å². The maximum Gasteiger partial charge on any atom is 0.225 e. The highest BCUT2D eigenvalue weighted by Crippen LogP contribution is 2.54. The Labute approximate surface area is 106 Å². The van der Waals surface area contributed by atoms with Crippen LogP contribution in [-0.4, -0.2) is 12.5 Å². The molecule has 0 aromatic heterocycles. The van der Waals surface area contributed by atoms with Crippen molar-refractivity contribution in [2.45, 2.75) is 65.7 Å². The van der Waals surface area contributed by atoms with Gasteiger partial charge in [-0.05, 0) is 37.0 Å². The fourth-order valence-electron chi connectivity index (χ4n) is 3.52. The molecule has 98 valence electrons. The number of hydrogen-bond donors (Lipinski definition) is 1. The van der Waals surface area contributed by atoms with Crippen LogP contribution in [0.25, 0.3) is 0 Å². The Hall–Kier alpha value is -0.530. The first-order valence-electron chi connectivity index (χ1n) is 7.20. The van der Waals surface area contributed by atoms with Crippen LogP contribution in [0.5, 0.6) is 0 Å². The SMILES string of the molecule is CC(C)(C)C(=O)NCC1CC2(CCCCC2)C1. The van der Waals surface area contributed by atoms with E-state index < -0.39 is 0 Å². The third kappa shape index (κ3) is 3.02. The highest BCUT2D eigenvalue weighted by molar-refractivity contribution is 5.81. The third-order valence-corrected chi connectivity index (χ3v) is 4.59. The molecule has 2 saturated carbocycles. The van der Waals surface area contributed by atoms with Gasteiger partial charge in [-0.1, -0.05) is 40.0 Å². The van der Waals surface area contributed by atoms with Crippen LogP contribution in [-0.2, 0) is 4.79 Å². The van der Waals surface area contributed by atoms with Crippen molar-refractivity contribution in [3.8, 4) is 0 Å². The largest absolute Gasteiger partial charge is 0.355 e. The molecular formula is C15H27NO. The van der Waals surface area contributed by atoms with E-state index in [0.717, 1.165) is 12.5 Å². The molecule has 2 heteroatoms. The molecule has 1 spiro atoms. The smallest absolute Gasteiger partial charge is 0.225 e. The maximum atomic E-state index is 11.8. The zero-order valence-electron chi connectivity index (χ0n) is 11.6. The summed E-state index contributed by atoms with van der Waals surface area (Å²) in [6.45, 7) is 6.83. The third-order valence-electron chi connectivity index (χ3n) is 4.59. The van der Waals surface area contributed by atoms with Gasteiger partial charge in [-0.15, -0.1) is 0 Å². The molecule has 0 aromatic carbocycles. The molecule has 2 rings (SSSR count). The average molecular weight is 237 g/mol. The van der Waals surface area contributed by atoms with E-state index in [2.05, 4.69) is 5.32 Å². The van der Waals surface area contributed by atoms with Crippen molar-refractivity contribution >= 4 is 5.91 Å². The van der Waals surface area contributed by atoms with E-state index in [9.17, 15) is 4.79 Å². The summed E-state index contributed by atoms with van der Waals surface area (Å²) in [5, 5.41) is 3.11. The van der Waals surface area contributed by atoms with Crippen LogP contribution in [0.2, 0.25) is 0 Å². The van der Waals surface area contributed by atoms with E-state index in [1.807, 2.05) is 20.8 Å². The maximum absolute atomic E-state index is 11.8. The zero-order chi connectivity index (χ0) is 12.5. The molecule has 0 unspecified atom stereocenters. The van der Waals surface area contributed by atoms with Gasteiger partial charge in [0.25, 0.3) is 0 Å². The predicted molar refractivity (Wildman–Crippen MR) is 70.7 cm³/mol. The summed E-state index contributed by atoms with van der Waals surface area (Å²) in [5.74, 6) is 0.946. The lowest BCUT2D eigenvalue weighted by atomic mass is 9.56. The summed E-state index contributed by atoms with van der Waals surface area (Å²) >= 11 is 0.